The number of para-hydroxylation sites is 2. The summed E-state index contributed by atoms with van der Waals surface area (Å²) in [6.07, 6.45) is 8.20. The maximum absolute atomic E-state index is 6.45. The number of benzene rings is 7. The van der Waals surface area contributed by atoms with Crippen LogP contribution in [0.15, 0.2) is 186 Å². The van der Waals surface area contributed by atoms with Crippen molar-refractivity contribution in [2.24, 2.45) is 0 Å². The Hall–Kier alpha value is -7.94. The minimum Gasteiger partial charge on any atom is -0.455 e. The molecule has 0 aliphatic heterocycles. The van der Waals surface area contributed by atoms with Gasteiger partial charge in [-0.05, 0) is 59.9 Å². The summed E-state index contributed by atoms with van der Waals surface area (Å²) in [6, 6.07) is 56.1. The molecule has 0 radical (unpaired) electrons. The summed E-state index contributed by atoms with van der Waals surface area (Å²) in [5.74, 6) is 3.83. The molecule has 1 aliphatic carbocycles. The third kappa shape index (κ3) is 6.36. The third-order valence-corrected chi connectivity index (χ3v) is 12.7. The molecule has 7 aromatic carbocycles. The Bertz CT molecular complexity index is 3520. The summed E-state index contributed by atoms with van der Waals surface area (Å²) < 4.78 is 8.87. The number of thiophene rings is 1. The second-order valence-corrected chi connectivity index (χ2v) is 16.4. The zero-order valence-electron chi connectivity index (χ0n) is 33.2. The fourth-order valence-corrected chi connectivity index (χ4v) is 9.60. The molecule has 0 amide bonds. The average molecular weight is 815 g/mol. The third-order valence-electron chi connectivity index (χ3n) is 11.5. The zero-order chi connectivity index (χ0) is 41.0. The highest BCUT2D eigenvalue weighted by Gasteiger charge is 2.20. The molecule has 0 saturated heterocycles. The van der Waals surface area contributed by atoms with E-state index in [1.807, 2.05) is 84.9 Å². The van der Waals surface area contributed by atoms with Crippen molar-refractivity contribution in [1.29, 1.82) is 0 Å². The molecule has 8 heteroatoms. The van der Waals surface area contributed by atoms with Gasteiger partial charge in [-0.3, -0.25) is 0 Å². The lowest BCUT2D eigenvalue weighted by molar-refractivity contribution is 0.669. The second kappa shape index (κ2) is 15.0. The fraction of sp³-hybridized carbons (Fsp3) is 0.0370. The van der Waals surface area contributed by atoms with Crippen LogP contribution in [0.3, 0.4) is 0 Å². The molecular weight excluding hydrogens is 781 g/mol. The lowest BCUT2D eigenvalue weighted by atomic mass is 10.0. The first-order chi connectivity index (χ1) is 30.7. The van der Waals surface area contributed by atoms with Crippen LogP contribution in [0.5, 0.6) is 0 Å². The number of nitrogens with zero attached hydrogens (tertiary/aromatic N) is 6. The standard InChI is InChI=1S/C54H34N6OS/c1-4-14-34(15-5-1)49-55-50(35-16-6-2-7-17-35)57-52(56-49)37-28-26-33(27-29-37)39-21-12-23-42-44-32-38(30-31-46(44)62-48(39)42)53-58-51(36-18-8-3-9-19-36)59-54(60-53)43-24-13-22-41-40-20-10-11-25-45(40)61-47(41)43/h1-8,10-18,20-32H,9,19H2. The topological polar surface area (TPSA) is 90.5 Å². The molecule has 1 aliphatic rings. The monoisotopic (exact) mass is 814 g/mol. The van der Waals surface area contributed by atoms with Gasteiger partial charge in [0.05, 0.1) is 5.56 Å². The molecule has 4 aromatic heterocycles. The summed E-state index contributed by atoms with van der Waals surface area (Å²) in [4.78, 5) is 30.1. The number of hydrogen-bond acceptors (Lipinski definition) is 8. The van der Waals surface area contributed by atoms with Crippen LogP contribution in [-0.4, -0.2) is 29.9 Å². The van der Waals surface area contributed by atoms with Crippen LogP contribution >= 0.6 is 11.3 Å². The molecular formula is C54H34N6OS. The summed E-state index contributed by atoms with van der Waals surface area (Å²) >= 11 is 1.80. The Balaban J connectivity index is 0.937. The summed E-state index contributed by atoms with van der Waals surface area (Å²) in [6.45, 7) is 0. The molecule has 0 N–H and O–H groups in total. The summed E-state index contributed by atoms with van der Waals surface area (Å²) in [5.41, 5.74) is 9.59. The Morgan fingerprint density at radius 3 is 1.71 bits per heavy atom. The van der Waals surface area contributed by atoms with Gasteiger partial charge in [-0.1, -0.05) is 152 Å². The predicted molar refractivity (Wildman–Crippen MR) is 252 cm³/mol. The number of hydrogen-bond donors (Lipinski definition) is 0. The molecule has 0 atom stereocenters. The molecule has 12 rings (SSSR count). The van der Waals surface area contributed by atoms with E-state index in [2.05, 4.69) is 97.1 Å². The van der Waals surface area contributed by atoms with Crippen molar-refractivity contribution in [2.45, 2.75) is 12.8 Å². The first-order valence-electron chi connectivity index (χ1n) is 20.7. The van der Waals surface area contributed by atoms with Gasteiger partial charge in [0.2, 0.25) is 0 Å². The van der Waals surface area contributed by atoms with Gasteiger partial charge in [0.1, 0.15) is 11.2 Å². The molecule has 0 unspecified atom stereocenters. The molecule has 292 valence electrons. The Morgan fingerprint density at radius 2 is 0.984 bits per heavy atom. The highest BCUT2D eigenvalue weighted by molar-refractivity contribution is 7.26. The zero-order valence-corrected chi connectivity index (χ0v) is 34.1. The van der Waals surface area contributed by atoms with E-state index in [-0.39, 0.29) is 0 Å². The first-order valence-corrected chi connectivity index (χ1v) is 21.5. The Morgan fingerprint density at radius 1 is 0.419 bits per heavy atom. The van der Waals surface area contributed by atoms with Crippen molar-refractivity contribution in [1.82, 2.24) is 29.9 Å². The van der Waals surface area contributed by atoms with Crippen LogP contribution < -0.4 is 0 Å². The van der Waals surface area contributed by atoms with E-state index in [1.165, 1.54) is 20.3 Å². The molecule has 0 saturated carbocycles. The maximum atomic E-state index is 6.45. The largest absolute Gasteiger partial charge is 0.455 e. The summed E-state index contributed by atoms with van der Waals surface area (Å²) in [7, 11) is 0. The minimum atomic E-state index is 0.593. The Kier molecular flexibility index (Phi) is 8.67. The predicted octanol–water partition coefficient (Wildman–Crippen LogP) is 14.1. The van der Waals surface area contributed by atoms with Gasteiger partial charge in [-0.25, -0.2) is 29.9 Å². The van der Waals surface area contributed by atoms with E-state index in [0.29, 0.717) is 34.9 Å². The smallest absolute Gasteiger partial charge is 0.167 e. The van der Waals surface area contributed by atoms with Gasteiger partial charge in [0.25, 0.3) is 0 Å². The summed E-state index contributed by atoms with van der Waals surface area (Å²) in [5, 5.41) is 4.46. The normalized spacial score (nSPS) is 12.7. The molecule has 7 nitrogen and oxygen atoms in total. The van der Waals surface area contributed by atoms with Gasteiger partial charge < -0.3 is 4.42 Å². The van der Waals surface area contributed by atoms with Crippen LogP contribution in [0.1, 0.15) is 18.7 Å². The quantitative estimate of drug-likeness (QED) is 0.158. The average Bonchev–Trinajstić information content (AvgIpc) is 3.93. The van der Waals surface area contributed by atoms with Crippen LogP contribution in [0.25, 0.3) is 116 Å². The van der Waals surface area contributed by atoms with Crippen LogP contribution in [0.4, 0.5) is 0 Å². The van der Waals surface area contributed by atoms with Gasteiger partial charge in [0, 0.05) is 53.2 Å². The van der Waals surface area contributed by atoms with Crippen molar-refractivity contribution >= 4 is 59.0 Å². The van der Waals surface area contributed by atoms with Crippen LogP contribution in [0, 0.1) is 0 Å². The van der Waals surface area contributed by atoms with Gasteiger partial charge in [-0.15, -0.1) is 11.3 Å². The van der Waals surface area contributed by atoms with Crippen LogP contribution in [0.2, 0.25) is 0 Å². The van der Waals surface area contributed by atoms with Crippen molar-refractivity contribution in [3.05, 3.63) is 188 Å². The number of aromatic nitrogens is 6. The van der Waals surface area contributed by atoms with E-state index in [9.17, 15) is 0 Å². The highest BCUT2D eigenvalue weighted by Crippen LogP contribution is 2.42. The van der Waals surface area contributed by atoms with Crippen molar-refractivity contribution < 1.29 is 4.42 Å². The second-order valence-electron chi connectivity index (χ2n) is 15.4. The number of furan rings is 1. The van der Waals surface area contributed by atoms with E-state index >= 15 is 0 Å². The van der Waals surface area contributed by atoms with Crippen molar-refractivity contribution in [2.75, 3.05) is 0 Å². The van der Waals surface area contributed by atoms with Crippen molar-refractivity contribution in [3.63, 3.8) is 0 Å². The first kappa shape index (κ1) is 36.0. The molecule has 62 heavy (non-hydrogen) atoms. The Labute approximate surface area is 360 Å². The van der Waals surface area contributed by atoms with Gasteiger partial charge in [-0.2, -0.15) is 0 Å². The molecule has 0 fully saturated rings. The fourth-order valence-electron chi connectivity index (χ4n) is 8.38. The molecule has 0 bridgehead atoms. The van der Waals surface area contributed by atoms with Gasteiger partial charge in [0.15, 0.2) is 34.9 Å². The van der Waals surface area contributed by atoms with Crippen LogP contribution in [-0.2, 0) is 0 Å². The lowest BCUT2D eigenvalue weighted by Gasteiger charge is -2.12. The molecule has 0 spiro atoms. The molecule has 11 aromatic rings. The van der Waals surface area contributed by atoms with Crippen molar-refractivity contribution in [3.8, 4) is 68.1 Å². The van der Waals surface area contributed by atoms with E-state index in [0.717, 1.165) is 79.1 Å². The number of fused-ring (bicyclic) bond motifs is 6. The minimum absolute atomic E-state index is 0.593. The SMILES string of the molecule is C1=CCCC(c2nc(-c3ccc4sc5c(-c6ccc(-c7nc(-c8ccccc8)nc(-c8ccccc8)n7)cc6)cccc5c4c3)nc(-c3cccc4c3oc3ccccc34)n2)=C1. The number of allylic oxidation sites excluding steroid dienone is 4. The lowest BCUT2D eigenvalue weighted by Crippen LogP contribution is -2.03. The highest BCUT2D eigenvalue weighted by atomic mass is 32.1. The molecule has 4 heterocycles. The van der Waals surface area contributed by atoms with Gasteiger partial charge >= 0.3 is 0 Å². The maximum Gasteiger partial charge on any atom is 0.167 e. The van der Waals surface area contributed by atoms with E-state index in [1.54, 1.807) is 11.3 Å². The van der Waals surface area contributed by atoms with E-state index in [4.69, 9.17) is 34.3 Å². The number of rotatable bonds is 7. The van der Waals surface area contributed by atoms with E-state index < -0.39 is 0 Å².